The molecule has 0 fully saturated rings. The smallest absolute Gasteiger partial charge is 0.768 e. The summed E-state index contributed by atoms with van der Waals surface area (Å²) in [5.74, 6) is 1.01. The van der Waals surface area contributed by atoms with Gasteiger partial charge < -0.3 is 9.29 Å². The van der Waals surface area contributed by atoms with Crippen molar-refractivity contribution < 1.29 is 43.1 Å². The Hall–Kier alpha value is 0.130. The first kappa shape index (κ1) is 16.1. The van der Waals surface area contributed by atoms with Gasteiger partial charge in [-0.3, -0.25) is 4.21 Å². The third-order valence-electron chi connectivity index (χ3n) is 2.10. The minimum Gasteiger partial charge on any atom is -0.768 e. The molecule has 0 amide bonds. The first-order valence-electron chi connectivity index (χ1n) is 4.92. The molecule has 0 saturated carbocycles. The summed E-state index contributed by atoms with van der Waals surface area (Å²) in [7, 11) is 0. The third-order valence-corrected chi connectivity index (χ3v) is 2.73. The van der Waals surface area contributed by atoms with Gasteiger partial charge in [-0.05, 0) is 47.7 Å². The Bertz CT molecular complexity index is 366. The summed E-state index contributed by atoms with van der Waals surface area (Å²) in [5, 5.41) is 0. The molecule has 0 aliphatic heterocycles. The normalized spacial score (nSPS) is 12.1. The molecule has 1 aromatic carbocycles. The predicted molar refractivity (Wildman–Crippen MR) is 58.9 cm³/mol. The van der Waals surface area contributed by atoms with E-state index in [2.05, 4.69) is 0 Å². The summed E-state index contributed by atoms with van der Waals surface area (Å²) in [6.45, 7) is 6.51. The summed E-state index contributed by atoms with van der Waals surface area (Å²) < 4.78 is 27.0. The zero-order valence-corrected chi connectivity index (χ0v) is 13.0. The maximum atomic E-state index is 10.8. The maximum absolute atomic E-state index is 10.8. The zero-order valence-electron chi connectivity index (χ0n) is 10.1. The number of hydrogen-bond acceptors (Lipinski definition) is 3. The van der Waals surface area contributed by atoms with E-state index in [9.17, 15) is 8.76 Å². The van der Waals surface area contributed by atoms with E-state index in [1.54, 1.807) is 18.2 Å². The summed E-state index contributed by atoms with van der Waals surface area (Å²) in [6, 6.07) is 4.93. The molecule has 0 spiro atoms. The van der Waals surface area contributed by atoms with Crippen LogP contribution in [-0.2, 0) is 11.1 Å². The second-order valence-corrected chi connectivity index (χ2v) is 4.46. The van der Waals surface area contributed by atoms with Crippen molar-refractivity contribution >= 4 is 11.1 Å². The first-order valence-corrected chi connectivity index (χ1v) is 5.99. The Kier molecular flexibility index (Phi) is 7.52. The van der Waals surface area contributed by atoms with E-state index in [1.165, 1.54) is 0 Å². The van der Waals surface area contributed by atoms with Crippen LogP contribution in [0, 0.1) is 0 Å². The minimum atomic E-state index is -2.17. The molecule has 1 unspecified atom stereocenters. The van der Waals surface area contributed by atoms with Crippen LogP contribution in [0.2, 0.25) is 0 Å². The molecule has 0 aliphatic rings. The second kappa shape index (κ2) is 7.45. The third kappa shape index (κ3) is 4.18. The average Bonchev–Trinajstić information content (AvgIpc) is 2.18. The van der Waals surface area contributed by atoms with Gasteiger partial charge in [0.1, 0.15) is 5.75 Å². The van der Waals surface area contributed by atoms with E-state index < -0.39 is 11.1 Å². The standard InChI is InChI=1S/C11H16O3S.Na/c1-4-14-11-6-5-9(15(12)13)7-10(11)8(2)3;/h5-8H,4H2,1-3H3,(H,12,13);/q;+1/p-1. The van der Waals surface area contributed by atoms with Crippen molar-refractivity contribution in [3.8, 4) is 5.75 Å². The molecule has 16 heavy (non-hydrogen) atoms. The number of ether oxygens (including phenoxy) is 1. The molecule has 0 bridgehead atoms. The van der Waals surface area contributed by atoms with Gasteiger partial charge in [0.25, 0.3) is 0 Å². The van der Waals surface area contributed by atoms with Gasteiger partial charge in [-0.15, -0.1) is 0 Å². The zero-order chi connectivity index (χ0) is 11.4. The molecular formula is C11H15NaO3S. The van der Waals surface area contributed by atoms with Gasteiger partial charge in [0, 0.05) is 4.90 Å². The van der Waals surface area contributed by atoms with Crippen molar-refractivity contribution in [2.24, 2.45) is 0 Å². The van der Waals surface area contributed by atoms with Crippen LogP contribution in [0.4, 0.5) is 0 Å². The molecular weight excluding hydrogens is 235 g/mol. The van der Waals surface area contributed by atoms with E-state index in [4.69, 9.17) is 4.74 Å². The molecule has 0 N–H and O–H groups in total. The molecule has 0 aromatic heterocycles. The van der Waals surface area contributed by atoms with Crippen LogP contribution < -0.4 is 34.3 Å². The van der Waals surface area contributed by atoms with Crippen molar-refractivity contribution in [3.63, 3.8) is 0 Å². The Morgan fingerprint density at radius 3 is 2.50 bits per heavy atom. The molecule has 3 nitrogen and oxygen atoms in total. The van der Waals surface area contributed by atoms with Crippen molar-refractivity contribution in [3.05, 3.63) is 23.8 Å². The van der Waals surface area contributed by atoms with Crippen LogP contribution in [0.1, 0.15) is 32.3 Å². The Morgan fingerprint density at radius 1 is 1.44 bits per heavy atom. The van der Waals surface area contributed by atoms with Gasteiger partial charge in [-0.1, -0.05) is 13.8 Å². The summed E-state index contributed by atoms with van der Waals surface area (Å²) >= 11 is -2.17. The molecule has 1 aromatic rings. The van der Waals surface area contributed by atoms with E-state index in [0.717, 1.165) is 11.3 Å². The number of rotatable bonds is 4. The van der Waals surface area contributed by atoms with E-state index in [0.29, 0.717) is 11.5 Å². The Balaban J connectivity index is 0.00000225. The fourth-order valence-electron chi connectivity index (χ4n) is 1.37. The predicted octanol–water partition coefficient (Wildman–Crippen LogP) is -0.549. The van der Waals surface area contributed by atoms with Crippen LogP contribution in [-0.4, -0.2) is 15.4 Å². The fraction of sp³-hybridized carbons (Fsp3) is 0.455. The second-order valence-electron chi connectivity index (χ2n) is 3.52. The molecule has 0 saturated heterocycles. The first-order chi connectivity index (χ1) is 7.06. The van der Waals surface area contributed by atoms with Crippen molar-refractivity contribution in [2.75, 3.05) is 6.61 Å². The topological polar surface area (TPSA) is 49.4 Å². The monoisotopic (exact) mass is 250 g/mol. The Morgan fingerprint density at radius 2 is 2.06 bits per heavy atom. The molecule has 84 valence electrons. The fourth-order valence-corrected chi connectivity index (χ4v) is 1.77. The summed E-state index contributed by atoms with van der Waals surface area (Å²) in [5.41, 5.74) is 0.929. The van der Waals surface area contributed by atoms with Gasteiger partial charge in [-0.2, -0.15) is 0 Å². The van der Waals surface area contributed by atoms with E-state index in [-0.39, 0.29) is 35.5 Å². The van der Waals surface area contributed by atoms with E-state index in [1.807, 2.05) is 20.8 Å². The van der Waals surface area contributed by atoms with Crippen molar-refractivity contribution in [2.45, 2.75) is 31.6 Å². The van der Waals surface area contributed by atoms with E-state index >= 15 is 0 Å². The molecule has 1 rings (SSSR count). The Labute approximate surface area is 121 Å². The quantitative estimate of drug-likeness (QED) is 0.532. The van der Waals surface area contributed by atoms with Gasteiger partial charge >= 0.3 is 29.6 Å². The largest absolute Gasteiger partial charge is 1.00 e. The van der Waals surface area contributed by atoms with Gasteiger partial charge in [0.2, 0.25) is 0 Å². The van der Waals surface area contributed by atoms with Crippen LogP contribution in [0.15, 0.2) is 23.1 Å². The summed E-state index contributed by atoms with van der Waals surface area (Å²) in [6.07, 6.45) is 0. The van der Waals surface area contributed by atoms with Crippen LogP contribution in [0.5, 0.6) is 5.75 Å². The van der Waals surface area contributed by atoms with Crippen LogP contribution in [0.3, 0.4) is 0 Å². The van der Waals surface area contributed by atoms with Crippen molar-refractivity contribution in [1.82, 2.24) is 0 Å². The van der Waals surface area contributed by atoms with Crippen molar-refractivity contribution in [1.29, 1.82) is 0 Å². The number of hydrogen-bond donors (Lipinski definition) is 0. The molecule has 5 heteroatoms. The SMILES string of the molecule is CCOc1ccc(S(=O)[O-])cc1C(C)C.[Na+]. The van der Waals surface area contributed by atoms with Gasteiger partial charge in [0.05, 0.1) is 6.61 Å². The molecule has 0 aliphatic carbocycles. The average molecular weight is 250 g/mol. The van der Waals surface area contributed by atoms with Gasteiger partial charge in [0.15, 0.2) is 0 Å². The molecule has 0 radical (unpaired) electrons. The van der Waals surface area contributed by atoms with Crippen LogP contribution in [0.25, 0.3) is 0 Å². The van der Waals surface area contributed by atoms with Crippen LogP contribution >= 0.6 is 0 Å². The molecule has 0 heterocycles. The molecule has 1 atom stereocenters. The number of benzene rings is 1. The minimum absolute atomic E-state index is 0. The summed E-state index contributed by atoms with van der Waals surface area (Å²) in [4.78, 5) is 0.308. The maximum Gasteiger partial charge on any atom is 1.00 e. The van der Waals surface area contributed by atoms with Gasteiger partial charge in [-0.25, -0.2) is 0 Å².